The van der Waals surface area contributed by atoms with Crippen molar-refractivity contribution in [3.8, 4) is 5.75 Å². The summed E-state index contributed by atoms with van der Waals surface area (Å²) in [6.07, 6.45) is 0. The van der Waals surface area contributed by atoms with Gasteiger partial charge in [0.25, 0.3) is 5.91 Å². The van der Waals surface area contributed by atoms with Crippen LogP contribution in [0.3, 0.4) is 0 Å². The summed E-state index contributed by atoms with van der Waals surface area (Å²) in [6, 6.07) is 10.0. The van der Waals surface area contributed by atoms with E-state index in [0.29, 0.717) is 26.3 Å². The van der Waals surface area contributed by atoms with Gasteiger partial charge in [-0.15, -0.1) is 0 Å². The van der Waals surface area contributed by atoms with Crippen molar-refractivity contribution in [2.45, 2.75) is 6.92 Å². The molecule has 5 heteroatoms. The van der Waals surface area contributed by atoms with Gasteiger partial charge >= 0.3 is 0 Å². The number of benzene rings is 2. The van der Waals surface area contributed by atoms with Gasteiger partial charge in [0.1, 0.15) is 5.75 Å². The Balaban J connectivity index is 2.31. The minimum atomic E-state index is -0.295. The van der Waals surface area contributed by atoms with E-state index in [1.807, 2.05) is 0 Å². The molecule has 2 N–H and O–H groups in total. The summed E-state index contributed by atoms with van der Waals surface area (Å²) in [6.45, 7) is 1.69. The summed E-state index contributed by atoms with van der Waals surface area (Å²) in [5.74, 6) is -0.200. The highest BCUT2D eigenvalue weighted by molar-refractivity contribution is 9.10. The number of hydrogen-bond donors (Lipinski definition) is 2. The number of anilines is 1. The maximum atomic E-state index is 12.2. The lowest BCUT2D eigenvalue weighted by atomic mass is 10.1. The van der Waals surface area contributed by atoms with Crippen molar-refractivity contribution in [2.24, 2.45) is 0 Å². The lowest BCUT2D eigenvalue weighted by molar-refractivity contribution is 0.102. The monoisotopic (exact) mass is 339 g/mol. The summed E-state index contributed by atoms with van der Waals surface area (Å²) in [5.41, 5.74) is 1.55. The van der Waals surface area contributed by atoms with Gasteiger partial charge < -0.3 is 10.4 Å². The number of carbonyl (C=O) groups excluding carboxylic acids is 1. The average molecular weight is 341 g/mol. The van der Waals surface area contributed by atoms with Gasteiger partial charge in [-0.2, -0.15) is 0 Å². The van der Waals surface area contributed by atoms with E-state index in [1.54, 1.807) is 43.3 Å². The molecule has 2 aromatic rings. The summed E-state index contributed by atoms with van der Waals surface area (Å²) < 4.78 is 0.628. The van der Waals surface area contributed by atoms with E-state index in [2.05, 4.69) is 21.2 Å². The highest BCUT2D eigenvalue weighted by Crippen LogP contribution is 2.30. The van der Waals surface area contributed by atoms with E-state index in [4.69, 9.17) is 11.6 Å². The molecule has 0 radical (unpaired) electrons. The number of phenolic OH excluding ortho intramolecular Hbond substituents is 1. The van der Waals surface area contributed by atoms with E-state index in [-0.39, 0.29) is 11.7 Å². The summed E-state index contributed by atoms with van der Waals surface area (Å²) in [4.78, 5) is 12.2. The van der Waals surface area contributed by atoms with Gasteiger partial charge in [-0.1, -0.05) is 23.7 Å². The fourth-order valence-electron chi connectivity index (χ4n) is 1.66. The number of halogens is 2. The van der Waals surface area contributed by atoms with Gasteiger partial charge in [0.2, 0.25) is 0 Å². The van der Waals surface area contributed by atoms with Crippen LogP contribution in [-0.4, -0.2) is 11.0 Å². The van der Waals surface area contributed by atoms with Gasteiger partial charge in [-0.05, 0) is 47.1 Å². The molecule has 0 aliphatic carbocycles. The highest BCUT2D eigenvalue weighted by atomic mass is 79.9. The van der Waals surface area contributed by atoms with Crippen molar-refractivity contribution in [1.82, 2.24) is 0 Å². The first kappa shape index (κ1) is 13.9. The van der Waals surface area contributed by atoms with E-state index >= 15 is 0 Å². The van der Waals surface area contributed by atoms with Crippen LogP contribution < -0.4 is 5.32 Å². The molecule has 0 aliphatic heterocycles. The first-order chi connectivity index (χ1) is 9.00. The highest BCUT2D eigenvalue weighted by Gasteiger charge is 2.13. The molecule has 2 rings (SSSR count). The summed E-state index contributed by atoms with van der Waals surface area (Å²) in [7, 11) is 0. The fourth-order valence-corrected chi connectivity index (χ4v) is 2.20. The van der Waals surface area contributed by atoms with Crippen molar-refractivity contribution in [3.63, 3.8) is 0 Å². The van der Waals surface area contributed by atoms with E-state index in [9.17, 15) is 9.90 Å². The van der Waals surface area contributed by atoms with E-state index in [0.717, 1.165) is 0 Å². The Morgan fingerprint density at radius 1 is 1.26 bits per heavy atom. The fraction of sp³-hybridized carbons (Fsp3) is 0.0714. The number of amides is 1. The zero-order chi connectivity index (χ0) is 14.0. The number of aromatic hydroxyl groups is 1. The number of carbonyl (C=O) groups is 1. The number of phenols is 1. The molecule has 0 bridgehead atoms. The Kier molecular flexibility index (Phi) is 4.12. The SMILES string of the molecule is Cc1c(O)cccc1C(=O)Nc1cccc(Cl)c1Br. The first-order valence-corrected chi connectivity index (χ1v) is 6.71. The second kappa shape index (κ2) is 5.63. The molecule has 1 amide bonds. The van der Waals surface area contributed by atoms with Crippen LogP contribution >= 0.6 is 27.5 Å². The topological polar surface area (TPSA) is 49.3 Å². The minimum absolute atomic E-state index is 0.0952. The van der Waals surface area contributed by atoms with E-state index in [1.165, 1.54) is 0 Å². The molecule has 0 saturated heterocycles. The molecular formula is C14H11BrClNO2. The molecule has 2 aromatic carbocycles. The molecule has 0 saturated carbocycles. The van der Waals surface area contributed by atoms with Gasteiger partial charge in [-0.3, -0.25) is 4.79 Å². The molecule has 98 valence electrons. The second-order valence-corrected chi connectivity index (χ2v) is 5.21. The largest absolute Gasteiger partial charge is 0.508 e. The molecule has 3 nitrogen and oxygen atoms in total. The number of rotatable bonds is 2. The molecule has 0 fully saturated rings. The van der Waals surface area contributed by atoms with Crippen molar-refractivity contribution < 1.29 is 9.90 Å². The van der Waals surface area contributed by atoms with Crippen LogP contribution in [-0.2, 0) is 0 Å². The molecule has 0 heterocycles. The predicted molar refractivity (Wildman–Crippen MR) is 79.9 cm³/mol. The molecule has 0 aliphatic rings. The number of nitrogens with one attached hydrogen (secondary N) is 1. The van der Waals surface area contributed by atoms with Crippen LogP contribution in [0.15, 0.2) is 40.9 Å². The van der Waals surface area contributed by atoms with E-state index < -0.39 is 0 Å². The third-order valence-corrected chi connectivity index (χ3v) is 4.15. The Morgan fingerprint density at radius 2 is 1.95 bits per heavy atom. The van der Waals surface area contributed by atoms with Gasteiger partial charge in [0, 0.05) is 11.1 Å². The summed E-state index contributed by atoms with van der Waals surface area (Å²) >= 11 is 9.28. The van der Waals surface area contributed by atoms with Crippen LogP contribution in [0, 0.1) is 6.92 Å². The van der Waals surface area contributed by atoms with Crippen LogP contribution in [0.2, 0.25) is 5.02 Å². The minimum Gasteiger partial charge on any atom is -0.508 e. The van der Waals surface area contributed by atoms with Gasteiger partial charge in [0.05, 0.1) is 15.2 Å². The molecule has 0 atom stereocenters. The van der Waals surface area contributed by atoms with Crippen molar-refractivity contribution in [3.05, 3.63) is 57.0 Å². The second-order valence-electron chi connectivity index (χ2n) is 4.01. The Bertz CT molecular complexity index is 643. The lowest BCUT2D eigenvalue weighted by Crippen LogP contribution is -2.13. The van der Waals surface area contributed by atoms with Crippen LogP contribution in [0.25, 0.3) is 0 Å². The maximum absolute atomic E-state index is 12.2. The quantitative estimate of drug-likeness (QED) is 0.853. The van der Waals surface area contributed by atoms with Crippen LogP contribution in [0.5, 0.6) is 5.75 Å². The maximum Gasteiger partial charge on any atom is 0.256 e. The molecule has 0 spiro atoms. The zero-order valence-electron chi connectivity index (χ0n) is 10.1. The Hall–Kier alpha value is -1.52. The van der Waals surface area contributed by atoms with Gasteiger partial charge in [-0.25, -0.2) is 0 Å². The normalized spacial score (nSPS) is 10.3. The van der Waals surface area contributed by atoms with Gasteiger partial charge in [0.15, 0.2) is 0 Å². The smallest absolute Gasteiger partial charge is 0.256 e. The Labute approximate surface area is 124 Å². The van der Waals surface area contributed by atoms with Crippen LogP contribution in [0.4, 0.5) is 5.69 Å². The molecule has 0 aromatic heterocycles. The third kappa shape index (κ3) is 2.91. The molecular weight excluding hydrogens is 330 g/mol. The first-order valence-electron chi connectivity index (χ1n) is 5.54. The standard InChI is InChI=1S/C14H11BrClNO2/c1-8-9(4-2-7-12(8)18)14(19)17-11-6-3-5-10(16)13(11)15/h2-7,18H,1H3,(H,17,19). The predicted octanol–water partition coefficient (Wildman–Crippen LogP) is 4.37. The summed E-state index contributed by atoms with van der Waals surface area (Å²) in [5, 5.41) is 12.9. The molecule has 0 unspecified atom stereocenters. The molecule has 19 heavy (non-hydrogen) atoms. The van der Waals surface area contributed by atoms with Crippen molar-refractivity contribution >= 4 is 39.1 Å². The Morgan fingerprint density at radius 3 is 2.68 bits per heavy atom. The zero-order valence-corrected chi connectivity index (χ0v) is 12.4. The lowest BCUT2D eigenvalue weighted by Gasteiger charge is -2.10. The number of hydrogen-bond acceptors (Lipinski definition) is 2. The van der Waals surface area contributed by atoms with Crippen molar-refractivity contribution in [1.29, 1.82) is 0 Å². The van der Waals surface area contributed by atoms with Crippen LogP contribution in [0.1, 0.15) is 15.9 Å². The van der Waals surface area contributed by atoms with Crippen molar-refractivity contribution in [2.75, 3.05) is 5.32 Å². The average Bonchev–Trinajstić information content (AvgIpc) is 2.38. The third-order valence-electron chi connectivity index (χ3n) is 2.75.